The molecule has 5 heteroatoms. The van der Waals surface area contributed by atoms with Crippen LogP contribution in [0.4, 0.5) is 0 Å². The van der Waals surface area contributed by atoms with Crippen molar-refractivity contribution in [1.29, 1.82) is 0 Å². The molecule has 0 aromatic heterocycles. The normalized spacial score (nSPS) is 28.0. The molecule has 2 bridgehead atoms. The van der Waals surface area contributed by atoms with Gasteiger partial charge in [-0.1, -0.05) is 6.42 Å². The van der Waals surface area contributed by atoms with Crippen LogP contribution >= 0.6 is 10.7 Å². The topological polar surface area (TPSA) is 43.4 Å². The summed E-state index contributed by atoms with van der Waals surface area (Å²) >= 11 is 0. The van der Waals surface area contributed by atoms with Gasteiger partial charge in [0, 0.05) is 10.7 Å². The van der Waals surface area contributed by atoms with Gasteiger partial charge < -0.3 is 4.74 Å². The Hall–Kier alpha value is -0.740. The van der Waals surface area contributed by atoms with Crippen LogP contribution in [-0.2, 0) is 9.05 Å². The van der Waals surface area contributed by atoms with Gasteiger partial charge in [0.25, 0.3) is 9.05 Å². The van der Waals surface area contributed by atoms with Crippen molar-refractivity contribution < 1.29 is 13.2 Å². The highest BCUT2D eigenvalue weighted by molar-refractivity contribution is 8.13. The lowest BCUT2D eigenvalue weighted by Crippen LogP contribution is -2.19. The van der Waals surface area contributed by atoms with Crippen LogP contribution in [0, 0.1) is 31.6 Å². The first-order chi connectivity index (χ1) is 9.84. The maximum Gasteiger partial charge on any atom is 0.261 e. The second-order valence-corrected chi connectivity index (χ2v) is 9.14. The van der Waals surface area contributed by atoms with Crippen LogP contribution in [0.1, 0.15) is 36.8 Å². The summed E-state index contributed by atoms with van der Waals surface area (Å²) in [4.78, 5) is 0.145. The van der Waals surface area contributed by atoms with Crippen LogP contribution in [-0.4, -0.2) is 15.0 Å². The van der Waals surface area contributed by atoms with Crippen molar-refractivity contribution >= 4 is 19.7 Å². The lowest BCUT2D eigenvalue weighted by Gasteiger charge is -2.23. The molecule has 0 spiro atoms. The average Bonchev–Trinajstić information content (AvgIpc) is 2.98. The van der Waals surface area contributed by atoms with Gasteiger partial charge >= 0.3 is 0 Å². The van der Waals surface area contributed by atoms with E-state index in [9.17, 15) is 8.42 Å². The van der Waals surface area contributed by atoms with E-state index in [0.717, 1.165) is 35.3 Å². The van der Waals surface area contributed by atoms with Crippen molar-refractivity contribution in [3.05, 3.63) is 23.3 Å². The van der Waals surface area contributed by atoms with E-state index in [2.05, 4.69) is 0 Å². The first-order valence-electron chi connectivity index (χ1n) is 7.53. The molecule has 2 aliphatic rings. The van der Waals surface area contributed by atoms with E-state index in [1.807, 2.05) is 13.8 Å². The number of fused-ring (bicyclic) bond motifs is 2. The van der Waals surface area contributed by atoms with Gasteiger partial charge in [-0.3, -0.25) is 0 Å². The molecule has 0 saturated heterocycles. The molecule has 0 amide bonds. The maximum absolute atomic E-state index is 11.4. The lowest BCUT2D eigenvalue weighted by atomic mass is 9.89. The van der Waals surface area contributed by atoms with Gasteiger partial charge in [0.05, 0.1) is 11.5 Å². The molecule has 2 fully saturated rings. The maximum atomic E-state index is 11.4. The summed E-state index contributed by atoms with van der Waals surface area (Å²) in [6.45, 7) is 4.49. The van der Waals surface area contributed by atoms with Crippen LogP contribution < -0.4 is 4.74 Å². The molecule has 3 rings (SSSR count). The fourth-order valence-electron chi connectivity index (χ4n) is 4.05. The van der Waals surface area contributed by atoms with E-state index in [0.29, 0.717) is 5.92 Å². The highest BCUT2D eigenvalue weighted by Gasteiger charge is 2.39. The number of aryl methyl sites for hydroxylation is 2. The Morgan fingerprint density at radius 3 is 2.33 bits per heavy atom. The van der Waals surface area contributed by atoms with E-state index in [1.54, 1.807) is 12.1 Å². The zero-order valence-electron chi connectivity index (χ0n) is 12.4. The minimum atomic E-state index is -3.69. The lowest BCUT2D eigenvalue weighted by molar-refractivity contribution is 0.193. The summed E-state index contributed by atoms with van der Waals surface area (Å²) in [5.41, 5.74) is 1.66. The monoisotopic (exact) mass is 328 g/mol. The highest BCUT2D eigenvalue weighted by Crippen LogP contribution is 2.48. The van der Waals surface area contributed by atoms with E-state index in [4.69, 9.17) is 15.4 Å². The molecule has 21 heavy (non-hydrogen) atoms. The summed E-state index contributed by atoms with van der Waals surface area (Å²) in [5, 5.41) is 0. The molecule has 116 valence electrons. The molecule has 2 saturated carbocycles. The van der Waals surface area contributed by atoms with Gasteiger partial charge in [0.15, 0.2) is 0 Å². The molecule has 2 aliphatic carbocycles. The summed E-state index contributed by atoms with van der Waals surface area (Å²) in [6, 6.07) is 3.18. The zero-order valence-corrected chi connectivity index (χ0v) is 14.0. The predicted molar refractivity (Wildman–Crippen MR) is 83.4 cm³/mol. The van der Waals surface area contributed by atoms with Gasteiger partial charge in [0.2, 0.25) is 0 Å². The van der Waals surface area contributed by atoms with Crippen molar-refractivity contribution in [2.75, 3.05) is 6.61 Å². The number of hydrogen-bond acceptors (Lipinski definition) is 3. The molecule has 3 atom stereocenters. The van der Waals surface area contributed by atoms with Gasteiger partial charge in [-0.15, -0.1) is 0 Å². The first kappa shape index (κ1) is 15.2. The first-order valence-corrected chi connectivity index (χ1v) is 9.84. The second-order valence-electron chi connectivity index (χ2n) is 6.57. The third-order valence-electron chi connectivity index (χ3n) is 5.04. The Kier molecular flexibility index (Phi) is 3.95. The second kappa shape index (κ2) is 5.47. The molecule has 0 N–H and O–H groups in total. The molecule has 0 aliphatic heterocycles. The van der Waals surface area contributed by atoms with Crippen LogP contribution in [0.25, 0.3) is 0 Å². The highest BCUT2D eigenvalue weighted by atomic mass is 35.7. The Bertz CT molecular complexity index is 630. The van der Waals surface area contributed by atoms with E-state index in [1.165, 1.54) is 25.7 Å². The summed E-state index contributed by atoms with van der Waals surface area (Å²) in [7, 11) is 1.72. The Labute approximate surface area is 131 Å². The third kappa shape index (κ3) is 3.07. The molecule has 0 radical (unpaired) electrons. The van der Waals surface area contributed by atoms with E-state index < -0.39 is 9.05 Å². The van der Waals surface area contributed by atoms with Gasteiger partial charge in [-0.2, -0.15) is 0 Å². The van der Waals surface area contributed by atoms with Crippen LogP contribution in [0.15, 0.2) is 17.0 Å². The molecule has 0 heterocycles. The fourth-order valence-corrected chi connectivity index (χ4v) is 4.95. The predicted octanol–water partition coefficient (Wildman–Crippen LogP) is 4.05. The van der Waals surface area contributed by atoms with Crippen molar-refractivity contribution in [1.82, 2.24) is 0 Å². The van der Waals surface area contributed by atoms with E-state index in [-0.39, 0.29) is 4.90 Å². The minimum absolute atomic E-state index is 0.145. The average molecular weight is 329 g/mol. The van der Waals surface area contributed by atoms with E-state index >= 15 is 0 Å². The van der Waals surface area contributed by atoms with Crippen molar-refractivity contribution in [3.63, 3.8) is 0 Å². The number of ether oxygens (including phenoxy) is 1. The molecular formula is C16H21ClO3S. The third-order valence-corrected chi connectivity index (χ3v) is 6.37. The van der Waals surface area contributed by atoms with Crippen LogP contribution in [0.3, 0.4) is 0 Å². The molecule has 1 aromatic rings. The molecule has 3 unspecified atom stereocenters. The van der Waals surface area contributed by atoms with Gasteiger partial charge in [0.1, 0.15) is 5.75 Å². The smallest absolute Gasteiger partial charge is 0.261 e. The number of hydrogen-bond donors (Lipinski definition) is 0. The minimum Gasteiger partial charge on any atom is -0.493 e. The molecule has 1 aromatic carbocycles. The standard InChI is InChI=1S/C16H21ClO3S/c1-10-5-15(21(17,18)19)6-11(2)16(10)20-9-14-8-12-3-4-13(14)7-12/h5-6,12-14H,3-4,7-9H2,1-2H3. The summed E-state index contributed by atoms with van der Waals surface area (Å²) in [5.74, 6) is 3.22. The largest absolute Gasteiger partial charge is 0.493 e. The van der Waals surface area contributed by atoms with Crippen molar-refractivity contribution in [2.24, 2.45) is 17.8 Å². The van der Waals surface area contributed by atoms with Gasteiger partial charge in [-0.25, -0.2) is 8.42 Å². The number of halogens is 1. The van der Waals surface area contributed by atoms with Crippen molar-refractivity contribution in [3.8, 4) is 5.75 Å². The van der Waals surface area contributed by atoms with Crippen molar-refractivity contribution in [2.45, 2.75) is 44.4 Å². The summed E-state index contributed by atoms with van der Waals surface area (Å²) < 4.78 is 28.9. The quantitative estimate of drug-likeness (QED) is 0.783. The molecule has 3 nitrogen and oxygen atoms in total. The Balaban J connectivity index is 1.74. The number of benzene rings is 1. The number of rotatable bonds is 4. The Morgan fingerprint density at radius 1 is 1.19 bits per heavy atom. The van der Waals surface area contributed by atoms with Crippen LogP contribution in [0.5, 0.6) is 5.75 Å². The molecular weight excluding hydrogens is 308 g/mol. The van der Waals surface area contributed by atoms with Gasteiger partial charge in [-0.05, 0) is 74.1 Å². The SMILES string of the molecule is Cc1cc(S(=O)(=O)Cl)cc(C)c1OCC1CC2CCC1C2. The zero-order chi connectivity index (χ0) is 15.2. The summed E-state index contributed by atoms with van der Waals surface area (Å²) in [6.07, 6.45) is 5.40. The fraction of sp³-hybridized carbons (Fsp3) is 0.625. The Morgan fingerprint density at radius 2 is 1.86 bits per heavy atom. The van der Waals surface area contributed by atoms with Crippen LogP contribution in [0.2, 0.25) is 0 Å².